The minimum Gasteiger partial charge on any atom is -0.395 e. The molecule has 1 aromatic rings. The zero-order chi connectivity index (χ0) is 14.3. The zero-order valence-corrected chi connectivity index (χ0v) is 12.1. The van der Waals surface area contributed by atoms with Gasteiger partial charge in [0, 0.05) is 12.2 Å². The van der Waals surface area contributed by atoms with E-state index in [1.165, 1.54) is 0 Å². The van der Waals surface area contributed by atoms with Crippen LogP contribution in [0.2, 0.25) is 0 Å². The van der Waals surface area contributed by atoms with Gasteiger partial charge in [-0.15, -0.1) is 0 Å². The summed E-state index contributed by atoms with van der Waals surface area (Å²) in [6.07, 6.45) is 1.80. The van der Waals surface area contributed by atoms with Gasteiger partial charge in [-0.25, -0.2) is 0 Å². The number of hydrogen-bond acceptors (Lipinski definition) is 3. The van der Waals surface area contributed by atoms with Crippen molar-refractivity contribution in [2.24, 2.45) is 0 Å². The molecule has 1 amide bonds. The number of para-hydroxylation sites is 1. The van der Waals surface area contributed by atoms with Crippen molar-refractivity contribution in [1.29, 1.82) is 0 Å². The van der Waals surface area contributed by atoms with Gasteiger partial charge in [-0.05, 0) is 31.0 Å². The molecule has 0 aliphatic carbocycles. The molecule has 0 heterocycles. The fraction of sp³-hybridized carbons (Fsp3) is 0.533. The largest absolute Gasteiger partial charge is 0.395 e. The minimum absolute atomic E-state index is 0.0356. The third kappa shape index (κ3) is 4.65. The van der Waals surface area contributed by atoms with E-state index in [0.717, 1.165) is 29.7 Å². The number of amides is 1. The predicted molar refractivity (Wildman–Crippen MR) is 78.4 cm³/mol. The maximum absolute atomic E-state index is 12.0. The van der Waals surface area contributed by atoms with Crippen LogP contribution in [0.1, 0.15) is 25.0 Å². The first-order valence-electron chi connectivity index (χ1n) is 6.82. The molecule has 0 bridgehead atoms. The van der Waals surface area contributed by atoms with Crippen molar-refractivity contribution in [3.05, 3.63) is 29.3 Å². The second-order valence-corrected chi connectivity index (χ2v) is 4.67. The Balaban J connectivity index is 2.77. The van der Waals surface area contributed by atoms with Gasteiger partial charge in [0.05, 0.1) is 13.2 Å². The van der Waals surface area contributed by atoms with Crippen LogP contribution in [0.15, 0.2) is 18.2 Å². The normalized spacial score (nSPS) is 10.8. The highest BCUT2D eigenvalue weighted by molar-refractivity contribution is 5.93. The van der Waals surface area contributed by atoms with Gasteiger partial charge in [-0.3, -0.25) is 9.69 Å². The highest BCUT2D eigenvalue weighted by Crippen LogP contribution is 2.22. The van der Waals surface area contributed by atoms with Crippen molar-refractivity contribution >= 4 is 11.6 Å². The summed E-state index contributed by atoms with van der Waals surface area (Å²) in [6, 6.07) is 6.13. The lowest BCUT2D eigenvalue weighted by Crippen LogP contribution is -2.32. The summed E-state index contributed by atoms with van der Waals surface area (Å²) in [5.74, 6) is -0.0356. The number of hydrogen-bond donors (Lipinski definition) is 2. The van der Waals surface area contributed by atoms with E-state index in [0.29, 0.717) is 13.1 Å². The molecule has 106 valence electrons. The van der Waals surface area contributed by atoms with Gasteiger partial charge >= 0.3 is 0 Å². The lowest BCUT2D eigenvalue weighted by Gasteiger charge is -2.18. The van der Waals surface area contributed by atoms with Crippen molar-refractivity contribution < 1.29 is 9.90 Å². The molecule has 0 saturated heterocycles. The smallest absolute Gasteiger partial charge is 0.238 e. The molecule has 1 aromatic carbocycles. The van der Waals surface area contributed by atoms with Gasteiger partial charge in [0.2, 0.25) is 5.91 Å². The second-order valence-electron chi connectivity index (χ2n) is 4.67. The first kappa shape index (κ1) is 15.7. The fourth-order valence-electron chi connectivity index (χ4n) is 2.08. The SMILES string of the molecule is CCc1cccc(CC)c1NC(=O)CN(C)CCO. The number of carbonyl (C=O) groups is 1. The molecule has 0 aliphatic heterocycles. The third-order valence-corrected chi connectivity index (χ3v) is 3.16. The van der Waals surface area contributed by atoms with Gasteiger partial charge < -0.3 is 10.4 Å². The third-order valence-electron chi connectivity index (χ3n) is 3.16. The topological polar surface area (TPSA) is 52.6 Å². The number of anilines is 1. The zero-order valence-electron chi connectivity index (χ0n) is 12.1. The van der Waals surface area contributed by atoms with Crippen molar-refractivity contribution in [3.8, 4) is 0 Å². The lowest BCUT2D eigenvalue weighted by atomic mass is 10.0. The van der Waals surface area contributed by atoms with E-state index >= 15 is 0 Å². The summed E-state index contributed by atoms with van der Waals surface area (Å²) < 4.78 is 0. The number of aryl methyl sites for hydroxylation is 2. The maximum Gasteiger partial charge on any atom is 0.238 e. The number of nitrogens with zero attached hydrogens (tertiary/aromatic N) is 1. The standard InChI is InChI=1S/C15H24N2O2/c1-4-12-7-6-8-13(5-2)15(12)16-14(19)11-17(3)9-10-18/h6-8,18H,4-5,9-11H2,1-3H3,(H,16,19). The summed E-state index contributed by atoms with van der Waals surface area (Å²) in [5, 5.41) is 11.8. The Kier molecular flexibility index (Phi) is 6.53. The minimum atomic E-state index is -0.0356. The molecule has 0 fully saturated rings. The molecular weight excluding hydrogens is 240 g/mol. The van der Waals surface area contributed by atoms with Crippen LogP contribution in [0.25, 0.3) is 0 Å². The first-order chi connectivity index (χ1) is 9.12. The summed E-state index contributed by atoms with van der Waals surface area (Å²) in [7, 11) is 1.82. The molecule has 2 N–H and O–H groups in total. The molecule has 0 unspecified atom stereocenters. The van der Waals surface area contributed by atoms with Crippen LogP contribution in [0, 0.1) is 0 Å². The van der Waals surface area contributed by atoms with Crippen LogP contribution in [0.5, 0.6) is 0 Å². The lowest BCUT2D eigenvalue weighted by molar-refractivity contribution is -0.117. The second kappa shape index (κ2) is 7.92. The van der Waals surface area contributed by atoms with Crippen molar-refractivity contribution in [1.82, 2.24) is 4.90 Å². The van der Waals surface area contributed by atoms with E-state index in [2.05, 4.69) is 19.2 Å². The molecule has 0 atom stereocenters. The van der Waals surface area contributed by atoms with Gasteiger partial charge in [0.1, 0.15) is 0 Å². The average Bonchev–Trinajstić information content (AvgIpc) is 2.39. The summed E-state index contributed by atoms with van der Waals surface area (Å²) >= 11 is 0. The maximum atomic E-state index is 12.0. The number of carbonyl (C=O) groups excluding carboxylic acids is 1. The molecule has 0 spiro atoms. The van der Waals surface area contributed by atoms with Crippen molar-refractivity contribution in [2.45, 2.75) is 26.7 Å². The highest BCUT2D eigenvalue weighted by atomic mass is 16.3. The Morgan fingerprint density at radius 2 is 1.84 bits per heavy atom. The van der Waals surface area contributed by atoms with Crippen molar-refractivity contribution in [3.63, 3.8) is 0 Å². The van der Waals surface area contributed by atoms with Crippen molar-refractivity contribution in [2.75, 3.05) is 32.1 Å². The average molecular weight is 264 g/mol. The summed E-state index contributed by atoms with van der Waals surface area (Å²) in [6.45, 7) is 5.03. The van der Waals surface area contributed by atoms with Gasteiger partial charge in [0.15, 0.2) is 0 Å². The Labute approximate surface area is 115 Å². The van der Waals surface area contributed by atoms with Crippen LogP contribution in [-0.4, -0.2) is 42.7 Å². The Hall–Kier alpha value is -1.39. The predicted octanol–water partition coefficient (Wildman–Crippen LogP) is 1.67. The quantitative estimate of drug-likeness (QED) is 0.787. The van der Waals surface area contributed by atoms with Crippen LogP contribution in [-0.2, 0) is 17.6 Å². The highest BCUT2D eigenvalue weighted by Gasteiger charge is 2.11. The number of aliphatic hydroxyl groups is 1. The van der Waals surface area contributed by atoms with E-state index in [-0.39, 0.29) is 12.5 Å². The first-order valence-corrected chi connectivity index (χ1v) is 6.82. The van der Waals surface area contributed by atoms with E-state index in [9.17, 15) is 4.79 Å². The number of rotatable bonds is 7. The van der Waals surface area contributed by atoms with Crippen LogP contribution in [0.4, 0.5) is 5.69 Å². The van der Waals surface area contributed by atoms with E-state index in [4.69, 9.17) is 5.11 Å². The molecule has 19 heavy (non-hydrogen) atoms. The number of nitrogens with one attached hydrogen (secondary N) is 1. The summed E-state index contributed by atoms with van der Waals surface area (Å²) in [4.78, 5) is 13.8. The fourth-order valence-corrected chi connectivity index (χ4v) is 2.08. The Bertz CT molecular complexity index is 396. The molecule has 1 rings (SSSR count). The van der Waals surface area contributed by atoms with Gasteiger partial charge in [-0.1, -0.05) is 32.0 Å². The number of likely N-dealkylation sites (N-methyl/N-ethyl adjacent to an activating group) is 1. The Morgan fingerprint density at radius 1 is 1.26 bits per heavy atom. The van der Waals surface area contributed by atoms with Crippen LogP contribution < -0.4 is 5.32 Å². The molecule has 0 radical (unpaired) electrons. The molecule has 0 aromatic heterocycles. The van der Waals surface area contributed by atoms with Crippen LogP contribution >= 0.6 is 0 Å². The molecule has 0 saturated carbocycles. The molecule has 0 aliphatic rings. The molecule has 4 nitrogen and oxygen atoms in total. The van der Waals surface area contributed by atoms with E-state index in [1.807, 2.05) is 25.2 Å². The van der Waals surface area contributed by atoms with E-state index in [1.54, 1.807) is 4.90 Å². The monoisotopic (exact) mass is 264 g/mol. The van der Waals surface area contributed by atoms with Gasteiger partial charge in [-0.2, -0.15) is 0 Å². The van der Waals surface area contributed by atoms with Gasteiger partial charge in [0.25, 0.3) is 0 Å². The number of benzene rings is 1. The Morgan fingerprint density at radius 3 is 2.32 bits per heavy atom. The number of aliphatic hydroxyl groups excluding tert-OH is 1. The molecule has 4 heteroatoms. The summed E-state index contributed by atoms with van der Waals surface area (Å²) in [5.41, 5.74) is 3.28. The van der Waals surface area contributed by atoms with Crippen LogP contribution in [0.3, 0.4) is 0 Å². The van der Waals surface area contributed by atoms with E-state index < -0.39 is 0 Å². The molecular formula is C15H24N2O2.